The minimum Gasteiger partial charge on any atom is -0.387 e. The number of benzene rings is 1. The van der Waals surface area contributed by atoms with Gasteiger partial charge < -0.3 is 30.0 Å². The molecule has 1 aliphatic carbocycles. The number of hydrogen-bond donors (Lipinski definition) is 3. The van der Waals surface area contributed by atoms with Gasteiger partial charge in [0.2, 0.25) is 5.91 Å². The summed E-state index contributed by atoms with van der Waals surface area (Å²) in [6.07, 6.45) is 1.88. The third-order valence-corrected chi connectivity index (χ3v) is 6.86. The smallest absolute Gasteiger partial charge is 0.246 e. The number of carbonyl (C=O) groups is 3. The lowest BCUT2D eigenvalue weighted by molar-refractivity contribution is -0.124. The lowest BCUT2D eigenvalue weighted by atomic mass is 9.82. The summed E-state index contributed by atoms with van der Waals surface area (Å²) >= 11 is 0. The molecule has 1 aliphatic heterocycles. The van der Waals surface area contributed by atoms with Crippen molar-refractivity contribution in [3.8, 4) is 0 Å². The number of aromatic nitrogens is 1. The minimum absolute atomic E-state index is 0.0769. The van der Waals surface area contributed by atoms with Crippen molar-refractivity contribution >= 4 is 35.1 Å². The van der Waals surface area contributed by atoms with E-state index >= 15 is 0 Å². The monoisotopic (exact) mass is 497 g/mol. The molecule has 1 aromatic carbocycles. The lowest BCUT2D eigenvalue weighted by Gasteiger charge is -2.29. The molecule has 0 saturated heterocycles. The van der Waals surface area contributed by atoms with Crippen LogP contribution >= 0.6 is 0 Å². The summed E-state index contributed by atoms with van der Waals surface area (Å²) < 4.78 is 19.9. The number of nitrogens with one attached hydrogen (secondary N) is 1. The number of aldehydes is 2. The summed E-state index contributed by atoms with van der Waals surface area (Å²) in [6, 6.07) is 0.951. The molecule has 2 unspecified atom stereocenters. The van der Waals surface area contributed by atoms with Gasteiger partial charge in [-0.15, -0.1) is 0 Å². The Hall–Kier alpha value is -3.47. The van der Waals surface area contributed by atoms with Crippen molar-refractivity contribution in [1.29, 1.82) is 0 Å². The van der Waals surface area contributed by atoms with Crippen LogP contribution in [0.1, 0.15) is 40.4 Å². The summed E-state index contributed by atoms with van der Waals surface area (Å²) in [6.45, 7) is 1.36. The van der Waals surface area contributed by atoms with Crippen molar-refractivity contribution in [2.75, 3.05) is 27.4 Å². The van der Waals surface area contributed by atoms with E-state index in [-0.39, 0.29) is 23.6 Å². The van der Waals surface area contributed by atoms with Gasteiger partial charge in [0.05, 0.1) is 29.6 Å². The number of pyridine rings is 1. The normalized spacial score (nSPS) is 19.2. The van der Waals surface area contributed by atoms with Crippen LogP contribution in [-0.2, 0) is 32.1 Å². The van der Waals surface area contributed by atoms with Crippen LogP contribution in [0.2, 0.25) is 0 Å². The van der Waals surface area contributed by atoms with Crippen LogP contribution in [0.15, 0.2) is 23.3 Å². The highest BCUT2D eigenvalue weighted by atomic mass is 19.1. The van der Waals surface area contributed by atoms with Crippen molar-refractivity contribution in [3.05, 3.63) is 57.1 Å². The number of rotatable bonds is 8. The van der Waals surface area contributed by atoms with Crippen LogP contribution < -0.4 is 5.32 Å². The second-order valence-corrected chi connectivity index (χ2v) is 9.02. The summed E-state index contributed by atoms with van der Waals surface area (Å²) in [7, 11) is 3.19. The number of fused-ring (bicyclic) bond motifs is 2. The number of ether oxygens (including phenoxy) is 1. The first-order chi connectivity index (χ1) is 17.2. The van der Waals surface area contributed by atoms with Gasteiger partial charge in [-0.25, -0.2) is 9.37 Å². The van der Waals surface area contributed by atoms with Gasteiger partial charge in [0.1, 0.15) is 24.8 Å². The summed E-state index contributed by atoms with van der Waals surface area (Å²) in [5, 5.41) is 23.3. The van der Waals surface area contributed by atoms with Crippen LogP contribution in [0.3, 0.4) is 0 Å². The highest BCUT2D eigenvalue weighted by molar-refractivity contribution is 5.93. The zero-order valence-corrected chi connectivity index (χ0v) is 20.3. The van der Waals surface area contributed by atoms with Gasteiger partial charge in [-0.2, -0.15) is 0 Å². The van der Waals surface area contributed by atoms with Gasteiger partial charge in [0.15, 0.2) is 6.29 Å². The maximum Gasteiger partial charge on any atom is 0.246 e. The fourth-order valence-electron chi connectivity index (χ4n) is 5.14. The van der Waals surface area contributed by atoms with Crippen molar-refractivity contribution in [2.24, 2.45) is 0 Å². The molecule has 9 nitrogen and oxygen atoms in total. The molecule has 0 fully saturated rings. The van der Waals surface area contributed by atoms with Crippen molar-refractivity contribution in [2.45, 2.75) is 38.5 Å². The first-order valence-electron chi connectivity index (χ1n) is 11.5. The van der Waals surface area contributed by atoms with Gasteiger partial charge in [-0.3, -0.25) is 9.59 Å². The fourth-order valence-corrected chi connectivity index (χ4v) is 5.14. The van der Waals surface area contributed by atoms with Gasteiger partial charge in [0, 0.05) is 43.3 Å². The first kappa shape index (κ1) is 25.6. The highest BCUT2D eigenvalue weighted by Gasteiger charge is 2.35. The highest BCUT2D eigenvalue weighted by Crippen LogP contribution is 2.45. The summed E-state index contributed by atoms with van der Waals surface area (Å²) in [5.74, 6) is -0.899. The Kier molecular flexibility index (Phi) is 7.30. The maximum absolute atomic E-state index is 14.8. The van der Waals surface area contributed by atoms with E-state index in [0.29, 0.717) is 54.4 Å². The van der Waals surface area contributed by atoms with E-state index in [9.17, 15) is 29.0 Å². The number of aryl methyl sites for hydroxylation is 1. The van der Waals surface area contributed by atoms with E-state index in [2.05, 4.69) is 5.32 Å². The van der Waals surface area contributed by atoms with E-state index in [1.54, 1.807) is 14.0 Å². The zero-order chi connectivity index (χ0) is 26.1. The number of nitrogens with zero attached hydrogens (tertiary/aromatic N) is 2. The largest absolute Gasteiger partial charge is 0.387 e. The molecule has 190 valence electrons. The van der Waals surface area contributed by atoms with Crippen molar-refractivity contribution in [1.82, 2.24) is 15.2 Å². The molecule has 2 heterocycles. The number of carbonyl (C=O) groups excluding carboxylic acids is 3. The standard InChI is InChI=1S/C26H28FN3O6/c1-13-15-4-5-19(28-23(35)11-33)25-17-8-30(2)21(26(17)29-20(24(15)25)7-18(13)27)6-16(22(34)10-32)14(9-31)12-36-3/h6-7,9-10,19,22,33-34H,4-5,8,11-12H2,1-3H3,(H,28,35)/b16-14-,21-6-. The lowest BCUT2D eigenvalue weighted by Crippen LogP contribution is -2.33. The second-order valence-electron chi connectivity index (χ2n) is 9.02. The molecule has 3 N–H and O–H groups in total. The predicted octanol–water partition coefficient (Wildman–Crippen LogP) is 1.27. The van der Waals surface area contributed by atoms with Crippen LogP contribution in [0.4, 0.5) is 4.39 Å². The molecule has 10 heteroatoms. The molecular weight excluding hydrogens is 469 g/mol. The number of amides is 1. The average Bonchev–Trinajstić information content (AvgIpc) is 3.18. The predicted molar refractivity (Wildman–Crippen MR) is 129 cm³/mol. The van der Waals surface area contributed by atoms with E-state index < -0.39 is 24.7 Å². The Morgan fingerprint density at radius 1 is 1.39 bits per heavy atom. The molecule has 36 heavy (non-hydrogen) atoms. The molecule has 0 radical (unpaired) electrons. The molecule has 2 aromatic rings. The van der Waals surface area contributed by atoms with Gasteiger partial charge >= 0.3 is 0 Å². The Morgan fingerprint density at radius 2 is 2.14 bits per heavy atom. The zero-order valence-electron chi connectivity index (χ0n) is 20.3. The quantitative estimate of drug-likeness (QED) is 0.367. The molecule has 1 amide bonds. The van der Waals surface area contributed by atoms with Crippen molar-refractivity contribution < 1.29 is 33.7 Å². The molecule has 0 spiro atoms. The average molecular weight is 498 g/mol. The molecule has 2 aliphatic rings. The van der Waals surface area contributed by atoms with E-state index in [1.807, 2.05) is 4.90 Å². The first-order valence-corrected chi connectivity index (χ1v) is 11.5. The van der Waals surface area contributed by atoms with Gasteiger partial charge in [-0.05, 0) is 48.1 Å². The van der Waals surface area contributed by atoms with Gasteiger partial charge in [0.25, 0.3) is 0 Å². The summed E-state index contributed by atoms with van der Waals surface area (Å²) in [4.78, 5) is 41.9. The second kappa shape index (κ2) is 10.3. The van der Waals surface area contributed by atoms with Crippen LogP contribution in [-0.4, -0.2) is 72.1 Å². The molecule has 4 rings (SSSR count). The van der Waals surface area contributed by atoms with Gasteiger partial charge in [-0.1, -0.05) is 0 Å². The van der Waals surface area contributed by atoms with Crippen LogP contribution in [0.5, 0.6) is 0 Å². The Bertz CT molecular complexity index is 1320. The number of halogens is 1. The summed E-state index contributed by atoms with van der Waals surface area (Å²) in [5.41, 5.74) is 4.61. The molecule has 0 bridgehead atoms. The van der Waals surface area contributed by atoms with E-state index in [0.717, 1.165) is 22.1 Å². The minimum atomic E-state index is -1.56. The molecule has 2 atom stereocenters. The fraction of sp³-hybridized carbons (Fsp3) is 0.385. The molecule has 0 saturated carbocycles. The third-order valence-electron chi connectivity index (χ3n) is 6.86. The molecule has 1 aromatic heterocycles. The number of hydrogen-bond acceptors (Lipinski definition) is 8. The molecular formula is C26H28FN3O6. The topological polar surface area (TPSA) is 129 Å². The SMILES string of the molecule is COC/C(C=O)=C(/C=C1/c2nc3cc(F)c(C)c4c3c(c2CN1C)C(NC(=O)CO)CC4)C(O)C=O. The Morgan fingerprint density at radius 3 is 2.78 bits per heavy atom. The van der Waals surface area contributed by atoms with Crippen LogP contribution in [0.25, 0.3) is 16.6 Å². The number of aliphatic hydroxyl groups is 2. The van der Waals surface area contributed by atoms with E-state index in [4.69, 9.17) is 9.72 Å². The number of aliphatic hydroxyl groups excluding tert-OH is 2. The number of methoxy groups -OCH3 is 1. The third kappa shape index (κ3) is 4.32. The Labute approximate surface area is 207 Å². The van der Waals surface area contributed by atoms with Crippen molar-refractivity contribution in [3.63, 3.8) is 0 Å². The van der Waals surface area contributed by atoms with Crippen LogP contribution in [0, 0.1) is 12.7 Å². The van der Waals surface area contributed by atoms with E-state index in [1.165, 1.54) is 19.3 Å². The maximum atomic E-state index is 14.8. The Balaban J connectivity index is 2.01.